The predicted molar refractivity (Wildman–Crippen MR) is 83.5 cm³/mol. The van der Waals surface area contributed by atoms with Gasteiger partial charge in [0.05, 0.1) is 6.54 Å². The molecule has 0 atom stereocenters. The molecule has 0 fully saturated rings. The van der Waals surface area contributed by atoms with E-state index in [4.69, 9.17) is 0 Å². The zero-order valence-electron chi connectivity index (χ0n) is 13.0. The maximum atomic E-state index is 13.0. The summed E-state index contributed by atoms with van der Waals surface area (Å²) in [6, 6.07) is 5.61. The van der Waals surface area contributed by atoms with E-state index in [0.717, 1.165) is 8.99 Å². The van der Waals surface area contributed by atoms with Gasteiger partial charge in [-0.05, 0) is 24.3 Å². The van der Waals surface area contributed by atoms with E-state index < -0.39 is 10.2 Å². The molecule has 23 heavy (non-hydrogen) atoms. The third kappa shape index (κ3) is 3.84. The first-order valence-corrected chi connectivity index (χ1v) is 8.23. The zero-order valence-corrected chi connectivity index (χ0v) is 13.8. The molecular formula is C13H18FN5O3S. The molecule has 126 valence electrons. The number of benzene rings is 1. The fraction of sp³-hybridized carbons (Fsp3) is 0.385. The van der Waals surface area contributed by atoms with Crippen LogP contribution < -0.4 is 10.4 Å². The summed E-state index contributed by atoms with van der Waals surface area (Å²) in [5.41, 5.74) is 0.215. The second kappa shape index (κ2) is 6.60. The first kappa shape index (κ1) is 17.3. The molecular weight excluding hydrogens is 325 g/mol. The Morgan fingerprint density at radius 1 is 1.26 bits per heavy atom. The van der Waals surface area contributed by atoms with Gasteiger partial charge in [0, 0.05) is 33.3 Å². The van der Waals surface area contributed by atoms with Gasteiger partial charge < -0.3 is 0 Å². The Kier molecular flexibility index (Phi) is 4.97. The van der Waals surface area contributed by atoms with Crippen molar-refractivity contribution in [3.05, 3.63) is 40.6 Å². The van der Waals surface area contributed by atoms with Crippen LogP contribution in [0.4, 0.5) is 4.39 Å². The number of hydrogen-bond donors (Lipinski definition) is 1. The van der Waals surface area contributed by atoms with Crippen LogP contribution in [-0.4, -0.2) is 47.7 Å². The Bertz CT molecular complexity index is 839. The highest BCUT2D eigenvalue weighted by atomic mass is 32.2. The van der Waals surface area contributed by atoms with Crippen molar-refractivity contribution in [2.24, 2.45) is 7.05 Å². The second-order valence-corrected chi connectivity index (χ2v) is 7.05. The SMILES string of the molecule is CN(C)S(=O)(=O)NCCn1nc(-c2ccc(F)cc2)n(C)c1=O. The van der Waals surface area contributed by atoms with Gasteiger partial charge in [0.25, 0.3) is 10.2 Å². The van der Waals surface area contributed by atoms with Gasteiger partial charge in [-0.2, -0.15) is 12.7 Å². The maximum Gasteiger partial charge on any atom is 0.345 e. The molecule has 0 aliphatic carbocycles. The summed E-state index contributed by atoms with van der Waals surface area (Å²) in [6.07, 6.45) is 0. The lowest BCUT2D eigenvalue weighted by Gasteiger charge is -2.11. The standard InChI is InChI=1S/C13H18FN5O3S/c1-17(2)23(21,22)15-8-9-19-13(20)18(3)12(16-19)10-4-6-11(14)7-5-10/h4-7,15H,8-9H2,1-3H3. The molecule has 1 N–H and O–H groups in total. The summed E-state index contributed by atoms with van der Waals surface area (Å²) in [4.78, 5) is 12.1. The molecule has 0 spiro atoms. The Balaban J connectivity index is 2.18. The number of nitrogens with one attached hydrogen (secondary N) is 1. The van der Waals surface area contributed by atoms with Crippen LogP contribution in [0.25, 0.3) is 11.4 Å². The van der Waals surface area contributed by atoms with Gasteiger partial charge in [0.1, 0.15) is 5.82 Å². The van der Waals surface area contributed by atoms with E-state index >= 15 is 0 Å². The minimum atomic E-state index is -3.55. The van der Waals surface area contributed by atoms with Gasteiger partial charge in [-0.15, -0.1) is 5.10 Å². The van der Waals surface area contributed by atoms with E-state index in [0.29, 0.717) is 11.4 Å². The Morgan fingerprint density at radius 2 is 1.87 bits per heavy atom. The molecule has 0 saturated heterocycles. The average molecular weight is 343 g/mol. The number of nitrogens with zero attached hydrogens (tertiary/aromatic N) is 4. The molecule has 0 amide bonds. The van der Waals surface area contributed by atoms with Crippen molar-refractivity contribution in [3.8, 4) is 11.4 Å². The van der Waals surface area contributed by atoms with E-state index in [-0.39, 0.29) is 24.6 Å². The van der Waals surface area contributed by atoms with Crippen molar-refractivity contribution < 1.29 is 12.8 Å². The van der Waals surface area contributed by atoms with Crippen molar-refractivity contribution in [3.63, 3.8) is 0 Å². The summed E-state index contributed by atoms with van der Waals surface area (Å²) in [7, 11) is 0.810. The molecule has 1 aromatic heterocycles. The van der Waals surface area contributed by atoms with Crippen LogP contribution in [-0.2, 0) is 23.8 Å². The number of halogens is 1. The quantitative estimate of drug-likeness (QED) is 0.786. The van der Waals surface area contributed by atoms with E-state index in [9.17, 15) is 17.6 Å². The highest BCUT2D eigenvalue weighted by Crippen LogP contribution is 2.15. The first-order valence-electron chi connectivity index (χ1n) is 6.79. The molecule has 2 aromatic rings. The van der Waals surface area contributed by atoms with Crippen LogP contribution in [0.5, 0.6) is 0 Å². The summed E-state index contributed by atoms with van der Waals surface area (Å²) in [5.74, 6) is 0.00161. The van der Waals surface area contributed by atoms with Gasteiger partial charge >= 0.3 is 5.69 Å². The summed E-state index contributed by atoms with van der Waals surface area (Å²) >= 11 is 0. The Labute approximate surface area is 133 Å². The summed E-state index contributed by atoms with van der Waals surface area (Å²) < 4.78 is 42.0. The molecule has 1 aromatic carbocycles. The van der Waals surface area contributed by atoms with Gasteiger partial charge in [-0.3, -0.25) is 4.57 Å². The Hall–Kier alpha value is -2.04. The second-order valence-electron chi connectivity index (χ2n) is 5.08. The molecule has 0 saturated carbocycles. The Morgan fingerprint density at radius 3 is 2.43 bits per heavy atom. The molecule has 0 bridgehead atoms. The van der Waals surface area contributed by atoms with Gasteiger partial charge in [-0.1, -0.05) is 0 Å². The van der Waals surface area contributed by atoms with Crippen LogP contribution in [0.1, 0.15) is 0 Å². The third-order valence-electron chi connectivity index (χ3n) is 3.23. The summed E-state index contributed by atoms with van der Waals surface area (Å²) in [5, 5.41) is 4.17. The molecule has 0 unspecified atom stereocenters. The van der Waals surface area contributed by atoms with Gasteiger partial charge in [0.15, 0.2) is 5.82 Å². The van der Waals surface area contributed by atoms with Crippen LogP contribution in [0.3, 0.4) is 0 Å². The van der Waals surface area contributed by atoms with E-state index in [1.807, 2.05) is 0 Å². The molecule has 1 heterocycles. The van der Waals surface area contributed by atoms with Crippen molar-refractivity contribution in [2.45, 2.75) is 6.54 Å². The molecule has 0 radical (unpaired) electrons. The lowest BCUT2D eigenvalue weighted by molar-refractivity contribution is 0.495. The van der Waals surface area contributed by atoms with Crippen LogP contribution in [0.15, 0.2) is 29.1 Å². The third-order valence-corrected chi connectivity index (χ3v) is 4.76. The molecule has 0 aliphatic heterocycles. The van der Waals surface area contributed by atoms with Gasteiger partial charge in [-0.25, -0.2) is 18.6 Å². The van der Waals surface area contributed by atoms with Gasteiger partial charge in [0.2, 0.25) is 0 Å². The van der Waals surface area contributed by atoms with Crippen molar-refractivity contribution in [1.29, 1.82) is 0 Å². The molecule has 0 aliphatic rings. The minimum Gasteiger partial charge on any atom is -0.278 e. The molecule has 8 nitrogen and oxygen atoms in total. The highest BCUT2D eigenvalue weighted by Gasteiger charge is 2.15. The lowest BCUT2D eigenvalue weighted by Crippen LogP contribution is -2.38. The lowest BCUT2D eigenvalue weighted by atomic mass is 10.2. The number of hydrogen-bond acceptors (Lipinski definition) is 4. The van der Waals surface area contributed by atoms with E-state index in [2.05, 4.69) is 9.82 Å². The first-order chi connectivity index (χ1) is 10.7. The van der Waals surface area contributed by atoms with Crippen LogP contribution in [0, 0.1) is 5.82 Å². The summed E-state index contributed by atoms with van der Waals surface area (Å²) in [6.45, 7) is 0.112. The topological polar surface area (TPSA) is 89.2 Å². The van der Waals surface area contributed by atoms with Crippen molar-refractivity contribution in [2.75, 3.05) is 20.6 Å². The molecule has 10 heteroatoms. The van der Waals surface area contributed by atoms with E-state index in [1.165, 1.54) is 42.9 Å². The average Bonchev–Trinajstić information content (AvgIpc) is 2.76. The monoisotopic (exact) mass is 343 g/mol. The highest BCUT2D eigenvalue weighted by molar-refractivity contribution is 7.87. The van der Waals surface area contributed by atoms with Crippen LogP contribution in [0.2, 0.25) is 0 Å². The van der Waals surface area contributed by atoms with E-state index in [1.54, 1.807) is 7.05 Å². The number of aromatic nitrogens is 3. The number of rotatable bonds is 6. The van der Waals surface area contributed by atoms with Crippen molar-refractivity contribution >= 4 is 10.2 Å². The zero-order chi connectivity index (χ0) is 17.2. The van der Waals surface area contributed by atoms with Crippen molar-refractivity contribution in [1.82, 2.24) is 23.4 Å². The predicted octanol–water partition coefficient (Wildman–Crippen LogP) is -0.216. The van der Waals surface area contributed by atoms with Crippen LogP contribution >= 0.6 is 0 Å². The maximum absolute atomic E-state index is 13.0. The normalized spacial score (nSPS) is 12.0. The fourth-order valence-electron chi connectivity index (χ4n) is 1.89. The minimum absolute atomic E-state index is 0.0281. The fourth-order valence-corrected chi connectivity index (χ4v) is 2.50. The smallest absolute Gasteiger partial charge is 0.278 e. The molecule has 2 rings (SSSR count). The largest absolute Gasteiger partial charge is 0.345 e.